The van der Waals surface area contributed by atoms with Crippen molar-refractivity contribution in [1.82, 2.24) is 10.2 Å². The zero-order valence-corrected chi connectivity index (χ0v) is 14.1. The lowest BCUT2D eigenvalue weighted by molar-refractivity contribution is 0.170. The van der Waals surface area contributed by atoms with E-state index in [1.807, 2.05) is 6.07 Å². The predicted octanol–water partition coefficient (Wildman–Crippen LogP) is 3.79. The normalized spacial score (nSPS) is 21.4. The molecule has 120 valence electrons. The minimum atomic E-state index is -0.133. The highest BCUT2D eigenvalue weighted by atomic mass is 32.2. The van der Waals surface area contributed by atoms with Crippen LogP contribution >= 0.6 is 11.8 Å². The van der Waals surface area contributed by atoms with Crippen molar-refractivity contribution in [3.05, 3.63) is 58.9 Å². The quantitative estimate of drug-likeness (QED) is 0.857. The lowest BCUT2D eigenvalue weighted by atomic mass is 9.96. The van der Waals surface area contributed by atoms with Crippen LogP contribution in [0.25, 0.3) is 0 Å². The van der Waals surface area contributed by atoms with Crippen LogP contribution in [0.15, 0.2) is 46.2 Å². The topological polar surface area (TPSA) is 15.3 Å². The molecule has 2 heterocycles. The van der Waals surface area contributed by atoms with Gasteiger partial charge in [-0.1, -0.05) is 29.5 Å². The van der Waals surface area contributed by atoms with E-state index in [4.69, 9.17) is 0 Å². The SMILES string of the molecule is Cc1ccc2c(c1)CC(N1CCNCC1)c1cc(F)ccc1S2. The van der Waals surface area contributed by atoms with E-state index in [0.29, 0.717) is 0 Å². The number of aryl methyl sites for hydroxylation is 1. The van der Waals surface area contributed by atoms with Gasteiger partial charge >= 0.3 is 0 Å². The summed E-state index contributed by atoms with van der Waals surface area (Å²) in [6, 6.07) is 12.2. The van der Waals surface area contributed by atoms with E-state index >= 15 is 0 Å². The molecule has 0 spiro atoms. The highest BCUT2D eigenvalue weighted by molar-refractivity contribution is 7.99. The van der Waals surface area contributed by atoms with Crippen LogP contribution in [0.4, 0.5) is 4.39 Å². The summed E-state index contributed by atoms with van der Waals surface area (Å²) in [7, 11) is 0. The molecule has 0 amide bonds. The molecule has 1 unspecified atom stereocenters. The summed E-state index contributed by atoms with van der Waals surface area (Å²) in [5, 5.41) is 3.41. The van der Waals surface area contributed by atoms with Crippen LogP contribution in [-0.2, 0) is 6.42 Å². The van der Waals surface area contributed by atoms with Gasteiger partial charge in [-0.25, -0.2) is 4.39 Å². The average molecular weight is 328 g/mol. The van der Waals surface area contributed by atoms with Crippen molar-refractivity contribution < 1.29 is 4.39 Å². The molecule has 1 saturated heterocycles. The summed E-state index contributed by atoms with van der Waals surface area (Å²) < 4.78 is 13.9. The standard InChI is InChI=1S/C19H21FN2S/c1-13-2-4-18-14(10-13)11-17(22-8-6-21-7-9-22)16-12-15(20)3-5-19(16)23-18/h2-5,10,12,17,21H,6-9,11H2,1H3. The van der Waals surface area contributed by atoms with Crippen molar-refractivity contribution in [3.8, 4) is 0 Å². The first-order chi connectivity index (χ1) is 11.2. The van der Waals surface area contributed by atoms with Gasteiger partial charge in [-0.15, -0.1) is 0 Å². The molecule has 1 fully saturated rings. The molecule has 0 bridgehead atoms. The number of halogens is 1. The number of hydrogen-bond donors (Lipinski definition) is 1. The first kappa shape index (κ1) is 15.2. The van der Waals surface area contributed by atoms with Crippen molar-refractivity contribution >= 4 is 11.8 Å². The Morgan fingerprint density at radius 3 is 2.70 bits per heavy atom. The smallest absolute Gasteiger partial charge is 0.123 e. The van der Waals surface area contributed by atoms with Crippen LogP contribution in [0.1, 0.15) is 22.7 Å². The van der Waals surface area contributed by atoms with Crippen LogP contribution in [0.3, 0.4) is 0 Å². The lowest BCUT2D eigenvalue weighted by Gasteiger charge is -2.35. The van der Waals surface area contributed by atoms with Gasteiger partial charge in [0.05, 0.1) is 0 Å². The number of nitrogens with one attached hydrogen (secondary N) is 1. The molecule has 0 aromatic heterocycles. The Bertz CT molecular complexity index is 725. The fraction of sp³-hybridized carbons (Fsp3) is 0.368. The lowest BCUT2D eigenvalue weighted by Crippen LogP contribution is -2.45. The molecular weight excluding hydrogens is 307 g/mol. The van der Waals surface area contributed by atoms with Gasteiger partial charge in [-0.05, 0) is 48.7 Å². The zero-order valence-electron chi connectivity index (χ0n) is 13.3. The van der Waals surface area contributed by atoms with E-state index in [2.05, 4.69) is 35.3 Å². The Kier molecular flexibility index (Phi) is 4.14. The second-order valence-electron chi connectivity index (χ2n) is 6.40. The maximum absolute atomic E-state index is 13.9. The monoisotopic (exact) mass is 328 g/mol. The minimum absolute atomic E-state index is 0.133. The van der Waals surface area contributed by atoms with E-state index in [9.17, 15) is 4.39 Å². The molecule has 0 saturated carbocycles. The third kappa shape index (κ3) is 3.03. The Morgan fingerprint density at radius 1 is 1.09 bits per heavy atom. The summed E-state index contributed by atoms with van der Waals surface area (Å²) >= 11 is 1.78. The molecule has 0 radical (unpaired) electrons. The Balaban J connectivity index is 1.81. The second kappa shape index (κ2) is 6.27. The molecule has 2 nitrogen and oxygen atoms in total. The first-order valence-corrected chi connectivity index (χ1v) is 9.04. The van der Waals surface area contributed by atoms with E-state index in [1.54, 1.807) is 23.9 Å². The van der Waals surface area contributed by atoms with Crippen LogP contribution < -0.4 is 5.32 Å². The number of nitrogens with zero attached hydrogens (tertiary/aromatic N) is 1. The van der Waals surface area contributed by atoms with E-state index in [0.717, 1.165) is 38.2 Å². The predicted molar refractivity (Wildman–Crippen MR) is 92.6 cm³/mol. The van der Waals surface area contributed by atoms with Gasteiger partial charge in [0.1, 0.15) is 5.82 Å². The zero-order chi connectivity index (χ0) is 15.8. The van der Waals surface area contributed by atoms with Gasteiger partial charge in [0.15, 0.2) is 0 Å². The van der Waals surface area contributed by atoms with Crippen LogP contribution in [0, 0.1) is 12.7 Å². The fourth-order valence-corrected chi connectivity index (χ4v) is 4.69. The molecule has 1 N–H and O–H groups in total. The molecule has 2 aliphatic rings. The van der Waals surface area contributed by atoms with Crippen molar-refractivity contribution in [1.29, 1.82) is 0 Å². The summed E-state index contributed by atoms with van der Waals surface area (Å²) in [5.41, 5.74) is 3.82. The van der Waals surface area contributed by atoms with Gasteiger partial charge in [-0.2, -0.15) is 0 Å². The first-order valence-electron chi connectivity index (χ1n) is 8.22. The van der Waals surface area contributed by atoms with Crippen molar-refractivity contribution in [2.24, 2.45) is 0 Å². The van der Waals surface area contributed by atoms with Crippen LogP contribution in [-0.4, -0.2) is 31.1 Å². The highest BCUT2D eigenvalue weighted by Gasteiger charge is 2.28. The molecule has 1 atom stereocenters. The number of fused-ring (bicyclic) bond motifs is 2. The second-order valence-corrected chi connectivity index (χ2v) is 7.49. The molecule has 4 rings (SSSR count). The summed E-state index contributed by atoms with van der Waals surface area (Å²) in [5.74, 6) is -0.133. The van der Waals surface area contributed by atoms with E-state index in [-0.39, 0.29) is 11.9 Å². The molecular formula is C19H21FN2S. The van der Waals surface area contributed by atoms with Gasteiger partial charge in [0, 0.05) is 42.0 Å². The maximum Gasteiger partial charge on any atom is 0.123 e. The third-order valence-electron chi connectivity index (χ3n) is 4.77. The largest absolute Gasteiger partial charge is 0.314 e. The molecule has 2 aromatic rings. The van der Waals surface area contributed by atoms with E-state index in [1.165, 1.54) is 20.9 Å². The Labute approximate surface area is 141 Å². The molecule has 0 aliphatic carbocycles. The molecule has 23 heavy (non-hydrogen) atoms. The van der Waals surface area contributed by atoms with Crippen LogP contribution in [0.2, 0.25) is 0 Å². The Morgan fingerprint density at radius 2 is 1.87 bits per heavy atom. The maximum atomic E-state index is 13.9. The van der Waals surface area contributed by atoms with Gasteiger partial charge in [0.25, 0.3) is 0 Å². The average Bonchev–Trinajstić information content (AvgIpc) is 2.72. The van der Waals surface area contributed by atoms with Crippen molar-refractivity contribution in [2.75, 3.05) is 26.2 Å². The molecule has 4 heteroatoms. The summed E-state index contributed by atoms with van der Waals surface area (Å²) in [6.45, 7) is 6.20. The fourth-order valence-electron chi connectivity index (χ4n) is 3.60. The number of piperazine rings is 1. The number of hydrogen-bond acceptors (Lipinski definition) is 3. The molecule has 2 aromatic carbocycles. The van der Waals surface area contributed by atoms with E-state index < -0.39 is 0 Å². The minimum Gasteiger partial charge on any atom is -0.314 e. The highest BCUT2D eigenvalue weighted by Crippen LogP contribution is 2.43. The summed E-state index contributed by atoms with van der Waals surface area (Å²) in [4.78, 5) is 5.01. The summed E-state index contributed by atoms with van der Waals surface area (Å²) in [6.07, 6.45) is 0.959. The van der Waals surface area contributed by atoms with Crippen molar-refractivity contribution in [2.45, 2.75) is 29.2 Å². The van der Waals surface area contributed by atoms with Crippen LogP contribution in [0.5, 0.6) is 0 Å². The molecule has 2 aliphatic heterocycles. The number of benzene rings is 2. The van der Waals surface area contributed by atoms with Crippen molar-refractivity contribution in [3.63, 3.8) is 0 Å². The van der Waals surface area contributed by atoms with Gasteiger partial charge in [-0.3, -0.25) is 4.90 Å². The Hall–Kier alpha value is -1.36. The number of rotatable bonds is 1. The third-order valence-corrected chi connectivity index (χ3v) is 5.98. The van der Waals surface area contributed by atoms with Gasteiger partial charge < -0.3 is 5.32 Å². The van der Waals surface area contributed by atoms with Gasteiger partial charge in [0.2, 0.25) is 0 Å².